The fraction of sp³-hybridized carbons (Fsp3) is 0.300. The van der Waals surface area contributed by atoms with E-state index in [0.717, 1.165) is 10.2 Å². The SMILES string of the molecule is C[C@@H](O)c1nc2cc(NC(=O)c3ccc(C(C)(C)C)cc3)ccc2s1. The molecule has 1 atom stereocenters. The summed E-state index contributed by atoms with van der Waals surface area (Å²) in [6, 6.07) is 13.3. The molecule has 0 fully saturated rings. The lowest BCUT2D eigenvalue weighted by Crippen LogP contribution is -2.14. The molecule has 5 heteroatoms. The van der Waals surface area contributed by atoms with Gasteiger partial charge in [-0.2, -0.15) is 0 Å². The molecule has 3 aromatic rings. The van der Waals surface area contributed by atoms with Gasteiger partial charge in [-0.25, -0.2) is 4.98 Å². The van der Waals surface area contributed by atoms with Gasteiger partial charge in [-0.15, -0.1) is 11.3 Å². The lowest BCUT2D eigenvalue weighted by Gasteiger charge is -2.19. The van der Waals surface area contributed by atoms with Gasteiger partial charge in [-0.1, -0.05) is 32.9 Å². The lowest BCUT2D eigenvalue weighted by atomic mass is 9.87. The monoisotopic (exact) mass is 354 g/mol. The number of fused-ring (bicyclic) bond motifs is 1. The summed E-state index contributed by atoms with van der Waals surface area (Å²) in [4.78, 5) is 16.9. The molecular weight excluding hydrogens is 332 g/mol. The fourth-order valence-electron chi connectivity index (χ4n) is 2.53. The van der Waals surface area contributed by atoms with E-state index in [2.05, 4.69) is 31.1 Å². The average molecular weight is 354 g/mol. The van der Waals surface area contributed by atoms with E-state index >= 15 is 0 Å². The minimum absolute atomic E-state index is 0.0617. The van der Waals surface area contributed by atoms with E-state index < -0.39 is 6.10 Å². The van der Waals surface area contributed by atoms with Gasteiger partial charge in [-0.05, 0) is 48.2 Å². The number of hydrogen-bond donors (Lipinski definition) is 2. The molecule has 0 aliphatic heterocycles. The van der Waals surface area contributed by atoms with Crippen LogP contribution in [0.15, 0.2) is 42.5 Å². The Kier molecular flexibility index (Phi) is 4.62. The van der Waals surface area contributed by atoms with Crippen LogP contribution < -0.4 is 5.32 Å². The third-order valence-corrected chi connectivity index (χ3v) is 5.24. The second kappa shape index (κ2) is 6.58. The van der Waals surface area contributed by atoms with E-state index in [4.69, 9.17) is 0 Å². The van der Waals surface area contributed by atoms with Gasteiger partial charge >= 0.3 is 0 Å². The van der Waals surface area contributed by atoms with Crippen LogP contribution in [-0.2, 0) is 5.41 Å². The third kappa shape index (κ3) is 3.89. The number of thiazole rings is 1. The van der Waals surface area contributed by atoms with Crippen molar-refractivity contribution in [2.45, 2.75) is 39.2 Å². The first-order valence-electron chi connectivity index (χ1n) is 8.24. The number of nitrogens with zero attached hydrogens (tertiary/aromatic N) is 1. The molecule has 0 spiro atoms. The predicted octanol–water partition coefficient (Wildman–Crippen LogP) is 4.90. The summed E-state index contributed by atoms with van der Waals surface area (Å²) in [6.45, 7) is 8.13. The van der Waals surface area contributed by atoms with Gasteiger partial charge in [0.25, 0.3) is 5.91 Å². The van der Waals surface area contributed by atoms with Gasteiger partial charge in [0.15, 0.2) is 0 Å². The van der Waals surface area contributed by atoms with Gasteiger partial charge < -0.3 is 10.4 Å². The van der Waals surface area contributed by atoms with E-state index in [1.54, 1.807) is 6.92 Å². The highest BCUT2D eigenvalue weighted by molar-refractivity contribution is 7.18. The molecule has 0 bridgehead atoms. The maximum absolute atomic E-state index is 12.5. The standard InChI is InChI=1S/C20H22N2O2S/c1-12(23)19-22-16-11-15(9-10-17(16)25-19)21-18(24)13-5-7-14(8-6-13)20(2,3)4/h5-12,23H,1-4H3,(H,21,24)/t12-/m1/s1. The van der Waals surface area contributed by atoms with Crippen LogP contribution in [0, 0.1) is 0 Å². The van der Waals surface area contributed by atoms with Crippen LogP contribution in [0.2, 0.25) is 0 Å². The predicted molar refractivity (Wildman–Crippen MR) is 103 cm³/mol. The van der Waals surface area contributed by atoms with E-state index in [0.29, 0.717) is 16.3 Å². The maximum Gasteiger partial charge on any atom is 0.255 e. The normalized spacial score (nSPS) is 13.0. The van der Waals surface area contributed by atoms with Crippen LogP contribution in [0.4, 0.5) is 5.69 Å². The van der Waals surface area contributed by atoms with Crippen molar-refractivity contribution < 1.29 is 9.90 Å². The number of aliphatic hydroxyl groups excluding tert-OH is 1. The Morgan fingerprint density at radius 1 is 1.16 bits per heavy atom. The Labute approximate surface area is 151 Å². The Bertz CT molecular complexity index is 906. The number of aromatic nitrogens is 1. The van der Waals surface area contributed by atoms with Crippen molar-refractivity contribution in [3.05, 3.63) is 58.6 Å². The van der Waals surface area contributed by atoms with Crippen molar-refractivity contribution in [3.8, 4) is 0 Å². The number of benzene rings is 2. The highest BCUT2D eigenvalue weighted by Gasteiger charge is 2.15. The molecule has 0 saturated heterocycles. The molecule has 2 aromatic carbocycles. The van der Waals surface area contributed by atoms with Crippen molar-refractivity contribution in [2.75, 3.05) is 5.32 Å². The number of aliphatic hydroxyl groups is 1. The van der Waals surface area contributed by atoms with Crippen molar-refractivity contribution in [2.24, 2.45) is 0 Å². The number of rotatable bonds is 3. The summed E-state index contributed by atoms with van der Waals surface area (Å²) in [5.41, 5.74) is 3.35. The van der Waals surface area contributed by atoms with Crippen molar-refractivity contribution in [1.82, 2.24) is 4.98 Å². The van der Waals surface area contributed by atoms with Crippen LogP contribution in [0.5, 0.6) is 0 Å². The van der Waals surface area contributed by atoms with Gasteiger partial charge in [0, 0.05) is 11.3 Å². The van der Waals surface area contributed by atoms with E-state index in [-0.39, 0.29) is 11.3 Å². The topological polar surface area (TPSA) is 62.2 Å². The van der Waals surface area contributed by atoms with Crippen molar-refractivity contribution in [3.63, 3.8) is 0 Å². The summed E-state index contributed by atoms with van der Waals surface area (Å²) in [7, 11) is 0. The zero-order chi connectivity index (χ0) is 18.2. The number of hydrogen-bond acceptors (Lipinski definition) is 4. The summed E-state index contributed by atoms with van der Waals surface area (Å²) in [5, 5.41) is 13.2. The first-order valence-corrected chi connectivity index (χ1v) is 9.06. The highest BCUT2D eigenvalue weighted by Crippen LogP contribution is 2.28. The Hall–Kier alpha value is -2.24. The molecule has 0 saturated carbocycles. The van der Waals surface area contributed by atoms with E-state index in [9.17, 15) is 9.90 Å². The van der Waals surface area contributed by atoms with Crippen LogP contribution in [-0.4, -0.2) is 16.0 Å². The van der Waals surface area contributed by atoms with Crippen molar-refractivity contribution in [1.29, 1.82) is 0 Å². The van der Waals surface area contributed by atoms with E-state index in [1.165, 1.54) is 16.9 Å². The van der Waals surface area contributed by atoms with Crippen molar-refractivity contribution >= 4 is 33.1 Å². The molecule has 130 valence electrons. The molecule has 0 aliphatic rings. The largest absolute Gasteiger partial charge is 0.386 e. The summed E-state index contributed by atoms with van der Waals surface area (Å²) >= 11 is 1.46. The first kappa shape index (κ1) is 17.6. The number of nitrogens with one attached hydrogen (secondary N) is 1. The van der Waals surface area contributed by atoms with Crippen LogP contribution in [0.1, 0.15) is 54.7 Å². The average Bonchev–Trinajstić information content (AvgIpc) is 2.98. The molecule has 1 heterocycles. The molecule has 4 nitrogen and oxygen atoms in total. The van der Waals surface area contributed by atoms with Gasteiger partial charge in [-0.3, -0.25) is 4.79 Å². The van der Waals surface area contributed by atoms with Crippen LogP contribution in [0.25, 0.3) is 10.2 Å². The molecule has 2 N–H and O–H groups in total. The fourth-order valence-corrected chi connectivity index (χ4v) is 3.41. The first-order chi connectivity index (χ1) is 11.7. The van der Waals surface area contributed by atoms with Gasteiger partial charge in [0.2, 0.25) is 0 Å². The molecule has 0 unspecified atom stereocenters. The van der Waals surface area contributed by atoms with Crippen LogP contribution >= 0.6 is 11.3 Å². The lowest BCUT2D eigenvalue weighted by molar-refractivity contribution is 0.102. The van der Waals surface area contributed by atoms with E-state index in [1.807, 2.05) is 42.5 Å². The summed E-state index contributed by atoms with van der Waals surface area (Å²) in [6.07, 6.45) is -0.586. The summed E-state index contributed by atoms with van der Waals surface area (Å²) in [5.74, 6) is -0.147. The smallest absolute Gasteiger partial charge is 0.255 e. The van der Waals surface area contributed by atoms with Gasteiger partial charge in [0.05, 0.1) is 10.2 Å². The number of carbonyl (C=O) groups excluding carboxylic acids is 1. The zero-order valence-electron chi connectivity index (χ0n) is 14.8. The zero-order valence-corrected chi connectivity index (χ0v) is 15.6. The second-order valence-electron chi connectivity index (χ2n) is 7.19. The summed E-state index contributed by atoms with van der Waals surface area (Å²) < 4.78 is 0.989. The minimum atomic E-state index is -0.586. The molecule has 1 aromatic heterocycles. The van der Waals surface area contributed by atoms with Crippen LogP contribution in [0.3, 0.4) is 0 Å². The highest BCUT2D eigenvalue weighted by atomic mass is 32.1. The third-order valence-electron chi connectivity index (χ3n) is 4.03. The quantitative estimate of drug-likeness (QED) is 0.703. The molecular formula is C20H22N2O2S. The number of amides is 1. The Morgan fingerprint density at radius 2 is 1.84 bits per heavy atom. The Balaban J connectivity index is 1.79. The number of carbonyl (C=O) groups is 1. The molecule has 0 aliphatic carbocycles. The maximum atomic E-state index is 12.5. The van der Waals surface area contributed by atoms with Gasteiger partial charge in [0.1, 0.15) is 11.1 Å². The molecule has 0 radical (unpaired) electrons. The molecule has 1 amide bonds. The second-order valence-corrected chi connectivity index (χ2v) is 8.25. The number of anilines is 1. The molecule has 3 rings (SSSR count). The minimum Gasteiger partial charge on any atom is -0.386 e. The molecule has 25 heavy (non-hydrogen) atoms. The Morgan fingerprint density at radius 3 is 2.44 bits per heavy atom.